The first-order chi connectivity index (χ1) is 14.5. The van der Waals surface area contributed by atoms with Crippen molar-refractivity contribution in [3.05, 3.63) is 82.0 Å². The Morgan fingerprint density at radius 2 is 1.83 bits per heavy atom. The van der Waals surface area contributed by atoms with E-state index in [0.717, 1.165) is 11.3 Å². The van der Waals surface area contributed by atoms with Crippen molar-refractivity contribution in [3.63, 3.8) is 0 Å². The number of nitrogens with one attached hydrogen (secondary N) is 2. The van der Waals surface area contributed by atoms with Gasteiger partial charge < -0.3 is 20.3 Å². The Labute approximate surface area is 180 Å². The monoisotopic (exact) mass is 423 g/mol. The first kappa shape index (κ1) is 21.5. The molecule has 1 atom stereocenters. The lowest BCUT2D eigenvalue weighted by atomic mass is 10.1. The van der Waals surface area contributed by atoms with Crippen molar-refractivity contribution in [3.8, 4) is 5.75 Å². The lowest BCUT2D eigenvalue weighted by Gasteiger charge is -2.25. The fraction of sp³-hybridized carbons (Fsp3) is 0.217. The summed E-state index contributed by atoms with van der Waals surface area (Å²) in [6.45, 7) is 0.409. The number of likely N-dealkylation sites (N-methyl/N-ethyl adjacent to an activating group) is 1. The summed E-state index contributed by atoms with van der Waals surface area (Å²) in [4.78, 5) is 27.9. The maximum absolute atomic E-state index is 12.9. The Kier molecular flexibility index (Phi) is 7.21. The Morgan fingerprint density at radius 1 is 1.03 bits per heavy atom. The van der Waals surface area contributed by atoms with E-state index in [2.05, 4.69) is 10.6 Å². The number of nitrogens with zero attached hydrogens (tertiary/aromatic N) is 1. The van der Waals surface area contributed by atoms with Crippen LogP contribution in [0.25, 0.3) is 0 Å². The minimum absolute atomic E-state index is 0.0306. The molecule has 0 radical (unpaired) electrons. The normalized spacial score (nSPS) is 11.7. The van der Waals surface area contributed by atoms with Gasteiger partial charge in [0.1, 0.15) is 5.75 Å². The van der Waals surface area contributed by atoms with Crippen LogP contribution < -0.4 is 15.4 Å². The number of ether oxygens (including phenoxy) is 1. The molecule has 3 rings (SSSR count). The van der Waals surface area contributed by atoms with Crippen LogP contribution in [-0.4, -0.2) is 44.5 Å². The van der Waals surface area contributed by atoms with Crippen LogP contribution in [-0.2, 0) is 0 Å². The minimum Gasteiger partial charge on any atom is -0.497 e. The minimum atomic E-state index is -0.244. The van der Waals surface area contributed by atoms with Crippen LogP contribution in [0.5, 0.6) is 5.75 Å². The zero-order valence-electron chi connectivity index (χ0n) is 17.2. The van der Waals surface area contributed by atoms with Gasteiger partial charge in [-0.1, -0.05) is 30.3 Å². The second-order valence-corrected chi connectivity index (χ2v) is 7.89. The molecule has 6 nitrogen and oxygen atoms in total. The molecule has 0 saturated heterocycles. The van der Waals surface area contributed by atoms with E-state index >= 15 is 0 Å². The van der Waals surface area contributed by atoms with Gasteiger partial charge in [-0.2, -0.15) is 0 Å². The van der Waals surface area contributed by atoms with Crippen molar-refractivity contribution >= 4 is 28.8 Å². The number of para-hydroxylation sites is 1. The maximum atomic E-state index is 12.9. The summed E-state index contributed by atoms with van der Waals surface area (Å²) >= 11 is 1.35. The summed E-state index contributed by atoms with van der Waals surface area (Å²) in [7, 11) is 5.56. The lowest BCUT2D eigenvalue weighted by molar-refractivity contribution is 0.0943. The number of benzene rings is 2. The summed E-state index contributed by atoms with van der Waals surface area (Å²) in [5.74, 6) is 0.298. The average Bonchev–Trinajstić information content (AvgIpc) is 3.29. The Hall–Kier alpha value is -3.16. The number of hydrogen-bond donors (Lipinski definition) is 2. The predicted molar refractivity (Wildman–Crippen MR) is 120 cm³/mol. The SMILES string of the molecule is COc1cccc(C(CNC(=O)c2ccccc2NC(=O)c2cccs2)N(C)C)c1. The van der Waals surface area contributed by atoms with Crippen LogP contribution in [0.1, 0.15) is 31.6 Å². The molecule has 0 aliphatic carbocycles. The zero-order valence-corrected chi connectivity index (χ0v) is 18.0. The van der Waals surface area contributed by atoms with Crippen molar-refractivity contribution in [1.29, 1.82) is 0 Å². The van der Waals surface area contributed by atoms with E-state index in [1.807, 2.05) is 54.7 Å². The fourth-order valence-corrected chi connectivity index (χ4v) is 3.73. The number of carbonyl (C=O) groups is 2. The molecular weight excluding hydrogens is 398 g/mol. The van der Waals surface area contributed by atoms with E-state index in [1.165, 1.54) is 11.3 Å². The smallest absolute Gasteiger partial charge is 0.265 e. The number of rotatable bonds is 8. The van der Waals surface area contributed by atoms with Gasteiger partial charge in [-0.05, 0) is 55.4 Å². The van der Waals surface area contributed by atoms with E-state index < -0.39 is 0 Å². The summed E-state index contributed by atoms with van der Waals surface area (Å²) in [5, 5.41) is 7.67. The van der Waals surface area contributed by atoms with E-state index in [9.17, 15) is 9.59 Å². The third-order valence-electron chi connectivity index (χ3n) is 4.72. The molecule has 1 aromatic heterocycles. The molecule has 3 aromatic rings. The Bertz CT molecular complexity index is 1000. The van der Waals surface area contributed by atoms with E-state index in [0.29, 0.717) is 22.7 Å². The molecule has 156 valence electrons. The van der Waals surface area contributed by atoms with Gasteiger partial charge in [0, 0.05) is 6.54 Å². The van der Waals surface area contributed by atoms with Crippen molar-refractivity contribution < 1.29 is 14.3 Å². The largest absolute Gasteiger partial charge is 0.497 e. The number of thiophene rings is 1. The number of anilines is 1. The maximum Gasteiger partial charge on any atom is 0.265 e. The number of amides is 2. The quantitative estimate of drug-likeness (QED) is 0.574. The molecule has 0 bridgehead atoms. The molecule has 2 N–H and O–H groups in total. The fourth-order valence-electron chi connectivity index (χ4n) is 3.11. The molecule has 0 fully saturated rings. The Morgan fingerprint density at radius 3 is 2.53 bits per heavy atom. The highest BCUT2D eigenvalue weighted by molar-refractivity contribution is 7.12. The van der Waals surface area contributed by atoms with Gasteiger partial charge in [0.05, 0.1) is 29.3 Å². The molecule has 1 heterocycles. The second-order valence-electron chi connectivity index (χ2n) is 6.94. The molecule has 0 spiro atoms. The zero-order chi connectivity index (χ0) is 21.5. The predicted octanol–water partition coefficient (Wildman–Crippen LogP) is 4.04. The van der Waals surface area contributed by atoms with Gasteiger partial charge in [0.25, 0.3) is 11.8 Å². The molecule has 0 aliphatic rings. The van der Waals surface area contributed by atoms with Crippen molar-refractivity contribution in [1.82, 2.24) is 10.2 Å². The van der Waals surface area contributed by atoms with Crippen LogP contribution in [0.4, 0.5) is 5.69 Å². The number of carbonyl (C=O) groups excluding carboxylic acids is 2. The van der Waals surface area contributed by atoms with Crippen molar-refractivity contribution in [2.24, 2.45) is 0 Å². The molecule has 7 heteroatoms. The van der Waals surface area contributed by atoms with Crippen LogP contribution in [0, 0.1) is 0 Å². The molecule has 30 heavy (non-hydrogen) atoms. The van der Waals surface area contributed by atoms with Crippen molar-refractivity contribution in [2.45, 2.75) is 6.04 Å². The molecule has 0 aliphatic heterocycles. The topological polar surface area (TPSA) is 70.7 Å². The summed E-state index contributed by atoms with van der Waals surface area (Å²) < 4.78 is 5.32. The van der Waals surface area contributed by atoms with Gasteiger partial charge in [0.15, 0.2) is 0 Å². The molecule has 2 amide bonds. The van der Waals surface area contributed by atoms with Crippen molar-refractivity contribution in [2.75, 3.05) is 33.1 Å². The Balaban J connectivity index is 1.73. The molecular formula is C23H25N3O3S. The van der Waals surface area contributed by atoms with Crippen LogP contribution in [0.15, 0.2) is 66.0 Å². The van der Waals surface area contributed by atoms with Crippen LogP contribution in [0.3, 0.4) is 0 Å². The summed E-state index contributed by atoms with van der Waals surface area (Å²) in [6, 6.07) is 18.3. The molecule has 1 unspecified atom stereocenters. The highest BCUT2D eigenvalue weighted by atomic mass is 32.1. The van der Waals surface area contributed by atoms with Gasteiger partial charge in [-0.15, -0.1) is 11.3 Å². The van der Waals surface area contributed by atoms with E-state index in [4.69, 9.17) is 4.74 Å². The third kappa shape index (κ3) is 5.25. The average molecular weight is 424 g/mol. The van der Waals surface area contributed by atoms with Gasteiger partial charge in [-0.25, -0.2) is 0 Å². The molecule has 0 saturated carbocycles. The van der Waals surface area contributed by atoms with E-state index in [1.54, 1.807) is 37.4 Å². The van der Waals surface area contributed by atoms with Gasteiger partial charge in [0.2, 0.25) is 0 Å². The second kappa shape index (κ2) is 10.0. The highest BCUT2D eigenvalue weighted by Crippen LogP contribution is 2.23. The highest BCUT2D eigenvalue weighted by Gasteiger charge is 2.19. The number of methoxy groups -OCH3 is 1. The lowest BCUT2D eigenvalue weighted by Crippen LogP contribution is -2.35. The van der Waals surface area contributed by atoms with Crippen LogP contribution >= 0.6 is 11.3 Å². The van der Waals surface area contributed by atoms with E-state index in [-0.39, 0.29) is 17.9 Å². The summed E-state index contributed by atoms with van der Waals surface area (Å²) in [5.41, 5.74) is 1.95. The van der Waals surface area contributed by atoms with Gasteiger partial charge >= 0.3 is 0 Å². The first-order valence-corrected chi connectivity index (χ1v) is 10.4. The standard InChI is InChI=1S/C23H25N3O3S/c1-26(2)20(16-8-6-9-17(14-16)29-3)15-24-22(27)18-10-4-5-11-19(18)25-23(28)21-12-7-13-30-21/h4-14,20H,15H2,1-3H3,(H,24,27)(H,25,28). The van der Waals surface area contributed by atoms with Crippen LogP contribution in [0.2, 0.25) is 0 Å². The third-order valence-corrected chi connectivity index (χ3v) is 5.59. The molecule has 2 aromatic carbocycles. The first-order valence-electron chi connectivity index (χ1n) is 9.52. The summed E-state index contributed by atoms with van der Waals surface area (Å²) in [6.07, 6.45) is 0. The number of hydrogen-bond acceptors (Lipinski definition) is 5. The van der Waals surface area contributed by atoms with Gasteiger partial charge in [-0.3, -0.25) is 9.59 Å².